The molecule has 0 amide bonds. The molecule has 11 rings (SSSR count). The van der Waals surface area contributed by atoms with Crippen LogP contribution in [0.3, 0.4) is 0 Å². The molecule has 8 aromatic carbocycles. The second kappa shape index (κ2) is 13.1. The van der Waals surface area contributed by atoms with Crippen LogP contribution in [0.5, 0.6) is 0 Å². The molecular formula is C55H42N2. The van der Waals surface area contributed by atoms with Gasteiger partial charge in [0, 0.05) is 44.8 Å². The second-order valence-corrected chi connectivity index (χ2v) is 16.1. The van der Waals surface area contributed by atoms with Crippen LogP contribution in [0.1, 0.15) is 36.2 Å². The van der Waals surface area contributed by atoms with E-state index in [1.54, 1.807) is 0 Å². The largest absolute Gasteiger partial charge is 0.313 e. The number of fused-ring (bicyclic) bond motifs is 8. The van der Waals surface area contributed by atoms with Gasteiger partial charge in [0.05, 0.1) is 5.52 Å². The average Bonchev–Trinajstić information content (AvgIpc) is 3.73. The van der Waals surface area contributed by atoms with Crippen LogP contribution >= 0.6 is 0 Å². The van der Waals surface area contributed by atoms with Gasteiger partial charge in [-0.2, -0.15) is 0 Å². The Morgan fingerprint density at radius 2 is 1.00 bits per heavy atom. The summed E-state index contributed by atoms with van der Waals surface area (Å²) in [6, 6.07) is 71.6. The lowest BCUT2D eigenvalue weighted by atomic mass is 9.82. The van der Waals surface area contributed by atoms with Crippen LogP contribution in [0.15, 0.2) is 194 Å². The van der Waals surface area contributed by atoms with Gasteiger partial charge < -0.3 is 9.47 Å². The third kappa shape index (κ3) is 5.39. The van der Waals surface area contributed by atoms with Gasteiger partial charge >= 0.3 is 0 Å². The molecule has 9 aromatic rings. The van der Waals surface area contributed by atoms with E-state index in [0.717, 1.165) is 29.9 Å². The van der Waals surface area contributed by atoms with Crippen molar-refractivity contribution < 1.29 is 0 Å². The van der Waals surface area contributed by atoms with E-state index in [2.05, 4.69) is 217 Å². The minimum absolute atomic E-state index is 0.0429. The summed E-state index contributed by atoms with van der Waals surface area (Å²) in [5.41, 5.74) is 21.7. The summed E-state index contributed by atoms with van der Waals surface area (Å²) in [5, 5.41) is 1.31. The molecule has 1 aromatic heterocycles. The number of aryl methyl sites for hydroxylation is 1. The first-order valence-electron chi connectivity index (χ1n) is 20.1. The van der Waals surface area contributed by atoms with Gasteiger partial charge in [-0.15, -0.1) is 0 Å². The first kappa shape index (κ1) is 33.4. The molecule has 0 spiro atoms. The maximum atomic E-state index is 2.49. The molecule has 2 heteroatoms. The maximum Gasteiger partial charge on any atom is 0.0538 e. The van der Waals surface area contributed by atoms with Crippen molar-refractivity contribution in [2.75, 3.05) is 4.90 Å². The normalized spacial score (nSPS) is 13.4. The maximum absolute atomic E-state index is 2.49. The van der Waals surface area contributed by atoms with Crippen molar-refractivity contribution in [2.24, 2.45) is 0 Å². The number of anilines is 3. The fourth-order valence-corrected chi connectivity index (χ4v) is 9.70. The quantitative estimate of drug-likeness (QED) is 0.165. The number of aromatic nitrogens is 1. The summed E-state index contributed by atoms with van der Waals surface area (Å²) in [6.07, 6.45) is 2.08. The van der Waals surface area contributed by atoms with E-state index in [1.807, 2.05) is 0 Å². The molecule has 0 saturated carbocycles. The summed E-state index contributed by atoms with van der Waals surface area (Å²) in [6.45, 7) is 4.69. The number of nitrogens with zero attached hydrogens (tertiary/aromatic N) is 2. The summed E-state index contributed by atoms with van der Waals surface area (Å²) in [5.74, 6) is 0. The topological polar surface area (TPSA) is 8.17 Å². The van der Waals surface area contributed by atoms with E-state index in [4.69, 9.17) is 0 Å². The first-order chi connectivity index (χ1) is 28.0. The fourth-order valence-electron chi connectivity index (χ4n) is 9.70. The molecule has 0 saturated heterocycles. The van der Waals surface area contributed by atoms with Crippen LogP contribution in [-0.4, -0.2) is 4.57 Å². The van der Waals surface area contributed by atoms with Gasteiger partial charge in [0.1, 0.15) is 0 Å². The van der Waals surface area contributed by atoms with Crippen molar-refractivity contribution in [3.05, 3.63) is 217 Å². The molecule has 0 unspecified atom stereocenters. The van der Waals surface area contributed by atoms with E-state index in [9.17, 15) is 0 Å². The van der Waals surface area contributed by atoms with Crippen LogP contribution in [0.25, 0.3) is 61.1 Å². The lowest BCUT2D eigenvalue weighted by Gasteiger charge is -2.27. The molecule has 0 aliphatic heterocycles. The van der Waals surface area contributed by atoms with E-state index in [-0.39, 0.29) is 5.41 Å². The minimum Gasteiger partial charge on any atom is -0.313 e. The van der Waals surface area contributed by atoms with Crippen molar-refractivity contribution >= 4 is 28.0 Å². The molecule has 0 fully saturated rings. The average molecular weight is 731 g/mol. The Labute approximate surface area is 335 Å². The number of hydrogen-bond acceptors (Lipinski definition) is 1. The Kier molecular flexibility index (Phi) is 7.69. The fraction of sp³-hybridized carbons (Fsp3) is 0.0909. The lowest BCUT2D eigenvalue weighted by Crippen LogP contribution is -2.15. The van der Waals surface area contributed by atoms with Crippen molar-refractivity contribution in [1.82, 2.24) is 4.57 Å². The van der Waals surface area contributed by atoms with Gasteiger partial charge in [0.15, 0.2) is 0 Å². The summed E-state index contributed by atoms with van der Waals surface area (Å²) >= 11 is 0. The molecule has 1 heterocycles. The lowest BCUT2D eigenvalue weighted by molar-refractivity contribution is 0.660. The van der Waals surface area contributed by atoms with Crippen LogP contribution in [0.4, 0.5) is 17.1 Å². The van der Waals surface area contributed by atoms with E-state index < -0.39 is 0 Å². The van der Waals surface area contributed by atoms with Crippen molar-refractivity contribution in [3.63, 3.8) is 0 Å². The molecule has 0 atom stereocenters. The zero-order valence-electron chi connectivity index (χ0n) is 32.3. The molecule has 0 radical (unpaired) electrons. The molecule has 272 valence electrons. The Morgan fingerprint density at radius 1 is 0.439 bits per heavy atom. The number of benzene rings is 8. The molecule has 2 nitrogen and oxygen atoms in total. The summed E-state index contributed by atoms with van der Waals surface area (Å²) < 4.78 is 2.49. The molecule has 0 N–H and O–H groups in total. The first-order valence-corrected chi connectivity index (χ1v) is 20.1. The van der Waals surface area contributed by atoms with Crippen LogP contribution < -0.4 is 4.90 Å². The van der Waals surface area contributed by atoms with Crippen molar-refractivity contribution in [3.8, 4) is 50.2 Å². The van der Waals surface area contributed by atoms with Gasteiger partial charge in [0.2, 0.25) is 0 Å². The third-order valence-corrected chi connectivity index (χ3v) is 12.5. The Morgan fingerprint density at radius 3 is 1.74 bits per heavy atom. The molecule has 57 heavy (non-hydrogen) atoms. The standard InChI is InChI=1S/C55H42N2/c1-55(2)50-20-12-11-19-47(50)48-36-45(31-32-51(48)55)56(43-27-21-38(22-28-43)37-13-5-3-6-14-37)44-29-23-39(24-30-44)41-26-33-52-49(35-41)54-46-18-10-9-15-40(46)25-34-53(54)57(52)42-16-7-4-8-17-42/h3-24,26-33,35-36H,25,34H2,1-2H3. The Bertz CT molecular complexity index is 2950. The highest BCUT2D eigenvalue weighted by Crippen LogP contribution is 2.51. The Hall–Kier alpha value is -6.90. The summed E-state index contributed by atoms with van der Waals surface area (Å²) in [4.78, 5) is 2.41. The third-order valence-electron chi connectivity index (χ3n) is 12.5. The number of para-hydroxylation sites is 1. The highest BCUT2D eigenvalue weighted by atomic mass is 15.1. The van der Waals surface area contributed by atoms with Crippen LogP contribution in [0.2, 0.25) is 0 Å². The number of rotatable bonds is 6. The summed E-state index contributed by atoms with van der Waals surface area (Å²) in [7, 11) is 0. The molecule has 0 bridgehead atoms. The second-order valence-electron chi connectivity index (χ2n) is 16.1. The minimum atomic E-state index is -0.0429. The predicted molar refractivity (Wildman–Crippen MR) is 239 cm³/mol. The Balaban J connectivity index is 1.03. The highest BCUT2D eigenvalue weighted by molar-refractivity contribution is 6.02. The monoisotopic (exact) mass is 730 g/mol. The van der Waals surface area contributed by atoms with E-state index in [1.165, 1.54) is 83.5 Å². The van der Waals surface area contributed by atoms with Gasteiger partial charge in [-0.05, 0) is 129 Å². The van der Waals surface area contributed by atoms with Gasteiger partial charge in [-0.3, -0.25) is 0 Å². The van der Waals surface area contributed by atoms with Crippen LogP contribution in [0, 0.1) is 0 Å². The zero-order valence-corrected chi connectivity index (χ0v) is 32.3. The van der Waals surface area contributed by atoms with Gasteiger partial charge in [0.25, 0.3) is 0 Å². The van der Waals surface area contributed by atoms with E-state index >= 15 is 0 Å². The predicted octanol–water partition coefficient (Wildman–Crippen LogP) is 14.5. The SMILES string of the molecule is CC1(C)c2ccccc2-c2cc(N(c3ccc(-c4ccccc4)cc3)c3ccc(-c4ccc5c(c4)c4c(n5-c5ccccc5)CCc5ccccc5-4)cc3)ccc21. The van der Waals surface area contributed by atoms with E-state index in [0.29, 0.717) is 0 Å². The zero-order chi connectivity index (χ0) is 38.1. The van der Waals surface area contributed by atoms with Gasteiger partial charge in [-0.25, -0.2) is 0 Å². The van der Waals surface area contributed by atoms with Crippen molar-refractivity contribution in [2.45, 2.75) is 32.1 Å². The molecule has 2 aliphatic carbocycles. The van der Waals surface area contributed by atoms with Gasteiger partial charge in [-0.1, -0.05) is 147 Å². The number of hydrogen-bond donors (Lipinski definition) is 0. The smallest absolute Gasteiger partial charge is 0.0538 e. The van der Waals surface area contributed by atoms with Crippen molar-refractivity contribution in [1.29, 1.82) is 0 Å². The highest BCUT2D eigenvalue weighted by Gasteiger charge is 2.35. The molecule has 2 aliphatic rings. The van der Waals surface area contributed by atoms with Crippen LogP contribution in [-0.2, 0) is 18.3 Å². The molecular weight excluding hydrogens is 689 g/mol.